The number of rotatable bonds is 7. The van der Waals surface area contributed by atoms with Gasteiger partial charge in [-0.15, -0.1) is 0 Å². The standard InChI is InChI=1S/C24H25NO/c1-2-12-22(19-13-6-3-7-14-19)24(26)25-23(20-15-8-4-9-16-20)21-17-10-5-11-18-21/h3-11,13-18,22-23H,2,12H2,1H3,(H,25,26)/t22-/m1/s1. The summed E-state index contributed by atoms with van der Waals surface area (Å²) in [5, 5.41) is 3.29. The zero-order valence-corrected chi connectivity index (χ0v) is 15.1. The molecule has 132 valence electrons. The molecular weight excluding hydrogens is 318 g/mol. The van der Waals surface area contributed by atoms with Gasteiger partial charge in [0.15, 0.2) is 0 Å². The minimum Gasteiger partial charge on any atom is -0.345 e. The molecule has 3 aromatic rings. The van der Waals surface area contributed by atoms with Gasteiger partial charge < -0.3 is 5.32 Å². The van der Waals surface area contributed by atoms with Gasteiger partial charge in [-0.1, -0.05) is 104 Å². The Morgan fingerprint density at radius 3 is 1.58 bits per heavy atom. The van der Waals surface area contributed by atoms with E-state index in [1.54, 1.807) is 0 Å². The molecule has 0 saturated carbocycles. The molecule has 2 nitrogen and oxygen atoms in total. The van der Waals surface area contributed by atoms with Gasteiger partial charge in [0.1, 0.15) is 0 Å². The van der Waals surface area contributed by atoms with Crippen LogP contribution < -0.4 is 5.32 Å². The lowest BCUT2D eigenvalue weighted by Crippen LogP contribution is -2.33. The van der Waals surface area contributed by atoms with Crippen LogP contribution in [0.5, 0.6) is 0 Å². The molecule has 0 heterocycles. The number of carbonyl (C=O) groups is 1. The Hall–Kier alpha value is -2.87. The summed E-state index contributed by atoms with van der Waals surface area (Å²) in [7, 11) is 0. The SMILES string of the molecule is CCC[C@@H](C(=O)NC(c1ccccc1)c1ccccc1)c1ccccc1. The predicted molar refractivity (Wildman–Crippen MR) is 107 cm³/mol. The fourth-order valence-corrected chi connectivity index (χ4v) is 3.32. The second kappa shape index (κ2) is 9.00. The zero-order valence-electron chi connectivity index (χ0n) is 15.1. The van der Waals surface area contributed by atoms with Gasteiger partial charge in [0.2, 0.25) is 5.91 Å². The fourth-order valence-electron chi connectivity index (χ4n) is 3.32. The lowest BCUT2D eigenvalue weighted by atomic mass is 9.92. The maximum Gasteiger partial charge on any atom is 0.228 e. The van der Waals surface area contributed by atoms with Crippen LogP contribution in [0.3, 0.4) is 0 Å². The minimum atomic E-state index is -0.145. The van der Waals surface area contributed by atoms with Crippen LogP contribution in [0.2, 0.25) is 0 Å². The van der Waals surface area contributed by atoms with E-state index in [1.165, 1.54) is 0 Å². The van der Waals surface area contributed by atoms with Gasteiger partial charge in [-0.05, 0) is 23.1 Å². The highest BCUT2D eigenvalue weighted by Crippen LogP contribution is 2.26. The lowest BCUT2D eigenvalue weighted by Gasteiger charge is -2.24. The summed E-state index contributed by atoms with van der Waals surface area (Å²) in [4.78, 5) is 13.2. The van der Waals surface area contributed by atoms with Crippen molar-refractivity contribution in [3.8, 4) is 0 Å². The second-order valence-electron chi connectivity index (χ2n) is 6.51. The maximum absolute atomic E-state index is 13.2. The highest BCUT2D eigenvalue weighted by atomic mass is 16.1. The molecule has 0 aliphatic heterocycles. The van der Waals surface area contributed by atoms with Crippen LogP contribution in [0, 0.1) is 0 Å². The smallest absolute Gasteiger partial charge is 0.228 e. The van der Waals surface area contributed by atoms with Gasteiger partial charge in [-0.25, -0.2) is 0 Å². The van der Waals surface area contributed by atoms with Crippen molar-refractivity contribution in [2.75, 3.05) is 0 Å². The molecule has 3 rings (SSSR count). The van der Waals surface area contributed by atoms with Crippen molar-refractivity contribution < 1.29 is 4.79 Å². The van der Waals surface area contributed by atoms with E-state index in [4.69, 9.17) is 0 Å². The van der Waals surface area contributed by atoms with E-state index in [2.05, 4.69) is 36.5 Å². The van der Waals surface area contributed by atoms with Crippen LogP contribution in [-0.2, 0) is 4.79 Å². The molecule has 0 aromatic heterocycles. The fraction of sp³-hybridized carbons (Fsp3) is 0.208. The van der Waals surface area contributed by atoms with Crippen molar-refractivity contribution in [2.45, 2.75) is 31.7 Å². The number of hydrogen-bond donors (Lipinski definition) is 1. The summed E-state index contributed by atoms with van der Waals surface area (Å²) in [6.45, 7) is 2.12. The molecule has 0 aliphatic rings. The number of amides is 1. The Morgan fingerprint density at radius 2 is 1.15 bits per heavy atom. The normalized spacial score (nSPS) is 11.9. The quantitative estimate of drug-likeness (QED) is 0.605. The van der Waals surface area contributed by atoms with Crippen LogP contribution in [0.1, 0.15) is 48.4 Å². The summed E-state index contributed by atoms with van der Waals surface area (Å²) in [5.74, 6) is -0.0492. The van der Waals surface area contributed by atoms with Crippen molar-refractivity contribution in [1.29, 1.82) is 0 Å². The first kappa shape index (κ1) is 17.9. The summed E-state index contributed by atoms with van der Waals surface area (Å²) >= 11 is 0. The molecule has 0 unspecified atom stereocenters. The molecule has 0 spiro atoms. The summed E-state index contributed by atoms with van der Waals surface area (Å²) in [6, 6.07) is 30.2. The summed E-state index contributed by atoms with van der Waals surface area (Å²) < 4.78 is 0. The molecule has 0 saturated heterocycles. The van der Waals surface area contributed by atoms with E-state index in [-0.39, 0.29) is 17.9 Å². The van der Waals surface area contributed by atoms with Gasteiger partial charge in [0.05, 0.1) is 12.0 Å². The Balaban J connectivity index is 1.89. The van der Waals surface area contributed by atoms with Crippen LogP contribution in [-0.4, -0.2) is 5.91 Å². The molecule has 1 atom stereocenters. The first-order valence-corrected chi connectivity index (χ1v) is 9.24. The van der Waals surface area contributed by atoms with Crippen LogP contribution in [0.25, 0.3) is 0 Å². The van der Waals surface area contributed by atoms with Crippen LogP contribution >= 0.6 is 0 Å². The van der Waals surface area contributed by atoms with Gasteiger partial charge in [0, 0.05) is 0 Å². The van der Waals surface area contributed by atoms with Crippen molar-refractivity contribution in [2.24, 2.45) is 0 Å². The molecule has 0 radical (unpaired) electrons. The van der Waals surface area contributed by atoms with Gasteiger partial charge in [-0.3, -0.25) is 4.79 Å². The van der Waals surface area contributed by atoms with Gasteiger partial charge in [0.25, 0.3) is 0 Å². The zero-order chi connectivity index (χ0) is 18.2. The first-order chi connectivity index (χ1) is 12.8. The van der Waals surface area contributed by atoms with Crippen molar-refractivity contribution in [3.05, 3.63) is 108 Å². The average Bonchev–Trinajstić information content (AvgIpc) is 2.72. The van der Waals surface area contributed by atoms with Crippen molar-refractivity contribution in [3.63, 3.8) is 0 Å². The predicted octanol–water partition coefficient (Wildman–Crippen LogP) is 5.48. The summed E-state index contributed by atoms with van der Waals surface area (Å²) in [6.07, 6.45) is 1.81. The first-order valence-electron chi connectivity index (χ1n) is 9.24. The third-order valence-corrected chi connectivity index (χ3v) is 4.65. The lowest BCUT2D eigenvalue weighted by molar-refractivity contribution is -0.123. The third kappa shape index (κ3) is 4.40. The molecule has 3 aromatic carbocycles. The van der Waals surface area contributed by atoms with Crippen molar-refractivity contribution in [1.82, 2.24) is 5.32 Å². The molecule has 1 N–H and O–H groups in total. The Bertz CT molecular complexity index is 760. The van der Waals surface area contributed by atoms with Crippen molar-refractivity contribution >= 4 is 5.91 Å². The Kier molecular flexibility index (Phi) is 6.21. The van der Waals surface area contributed by atoms with E-state index in [9.17, 15) is 4.79 Å². The van der Waals surface area contributed by atoms with Gasteiger partial charge >= 0.3 is 0 Å². The number of hydrogen-bond acceptors (Lipinski definition) is 1. The number of carbonyl (C=O) groups excluding carboxylic acids is 1. The number of benzene rings is 3. The molecule has 0 bridgehead atoms. The molecule has 2 heteroatoms. The molecule has 0 fully saturated rings. The van der Waals surface area contributed by atoms with E-state index >= 15 is 0 Å². The van der Waals surface area contributed by atoms with E-state index in [0.29, 0.717) is 0 Å². The molecular formula is C24H25NO. The minimum absolute atomic E-state index is 0.0794. The highest BCUT2D eigenvalue weighted by molar-refractivity contribution is 5.84. The second-order valence-corrected chi connectivity index (χ2v) is 6.51. The largest absolute Gasteiger partial charge is 0.345 e. The number of nitrogens with one attached hydrogen (secondary N) is 1. The monoisotopic (exact) mass is 343 g/mol. The summed E-state index contributed by atoms with van der Waals surface area (Å²) in [5.41, 5.74) is 3.26. The van der Waals surface area contributed by atoms with E-state index in [0.717, 1.165) is 29.5 Å². The average molecular weight is 343 g/mol. The van der Waals surface area contributed by atoms with E-state index < -0.39 is 0 Å². The van der Waals surface area contributed by atoms with Gasteiger partial charge in [-0.2, -0.15) is 0 Å². The topological polar surface area (TPSA) is 29.1 Å². The molecule has 26 heavy (non-hydrogen) atoms. The maximum atomic E-state index is 13.2. The van der Waals surface area contributed by atoms with Crippen LogP contribution in [0.4, 0.5) is 0 Å². The van der Waals surface area contributed by atoms with Crippen LogP contribution in [0.15, 0.2) is 91.0 Å². The highest BCUT2D eigenvalue weighted by Gasteiger charge is 2.24. The third-order valence-electron chi connectivity index (χ3n) is 4.65. The Labute approximate surface area is 155 Å². The van der Waals surface area contributed by atoms with E-state index in [1.807, 2.05) is 66.7 Å². The molecule has 1 amide bonds. The molecule has 0 aliphatic carbocycles. The Morgan fingerprint density at radius 1 is 0.731 bits per heavy atom.